The Labute approximate surface area is 127 Å². The van der Waals surface area contributed by atoms with Crippen LogP contribution in [0.1, 0.15) is 47.2 Å². The van der Waals surface area contributed by atoms with E-state index in [9.17, 15) is 0 Å². The molecule has 0 bridgehead atoms. The summed E-state index contributed by atoms with van der Waals surface area (Å²) in [6, 6.07) is 2.14. The predicted molar refractivity (Wildman–Crippen MR) is 83.8 cm³/mol. The third-order valence-corrected chi connectivity index (χ3v) is 5.65. The van der Waals surface area contributed by atoms with Crippen LogP contribution < -0.4 is 4.74 Å². The summed E-state index contributed by atoms with van der Waals surface area (Å²) >= 11 is 7.52. The van der Waals surface area contributed by atoms with E-state index in [0.29, 0.717) is 4.83 Å². The van der Waals surface area contributed by atoms with Crippen molar-refractivity contribution in [2.75, 3.05) is 7.11 Å². The highest BCUT2D eigenvalue weighted by atomic mass is 79.9. The lowest BCUT2D eigenvalue weighted by Gasteiger charge is -2.29. The molecule has 0 radical (unpaired) electrons. The van der Waals surface area contributed by atoms with Crippen LogP contribution in [0, 0.1) is 19.8 Å². The van der Waals surface area contributed by atoms with Gasteiger partial charge in [0.15, 0.2) is 0 Å². The first-order chi connectivity index (χ1) is 8.54. The molecule has 1 atom stereocenters. The maximum atomic E-state index is 5.62. The van der Waals surface area contributed by atoms with Gasteiger partial charge in [-0.3, -0.25) is 0 Å². The van der Waals surface area contributed by atoms with Crippen molar-refractivity contribution in [2.24, 2.45) is 5.92 Å². The Morgan fingerprint density at radius 3 is 2.56 bits per heavy atom. The Hall–Kier alpha value is -0.0200. The topological polar surface area (TPSA) is 9.23 Å². The van der Waals surface area contributed by atoms with Crippen molar-refractivity contribution in [2.45, 2.75) is 44.4 Å². The second kappa shape index (κ2) is 5.96. The van der Waals surface area contributed by atoms with Crippen molar-refractivity contribution >= 4 is 31.9 Å². The molecule has 0 amide bonds. The number of rotatable bonds is 4. The first-order valence-electron chi connectivity index (χ1n) is 6.52. The molecule has 0 spiro atoms. The van der Waals surface area contributed by atoms with E-state index in [4.69, 9.17) is 4.74 Å². The number of halogens is 2. The summed E-state index contributed by atoms with van der Waals surface area (Å²) in [6.07, 6.45) is 5.39. The number of ether oxygens (including phenoxy) is 1. The zero-order valence-corrected chi connectivity index (χ0v) is 14.4. The molecule has 0 N–H and O–H groups in total. The van der Waals surface area contributed by atoms with Gasteiger partial charge in [-0.15, -0.1) is 0 Å². The number of hydrogen-bond donors (Lipinski definition) is 0. The number of aryl methyl sites for hydroxylation is 1. The molecule has 0 saturated heterocycles. The van der Waals surface area contributed by atoms with Gasteiger partial charge in [0, 0.05) is 14.9 Å². The van der Waals surface area contributed by atoms with E-state index in [2.05, 4.69) is 51.8 Å². The fourth-order valence-electron chi connectivity index (χ4n) is 2.66. The van der Waals surface area contributed by atoms with Gasteiger partial charge < -0.3 is 4.74 Å². The largest absolute Gasteiger partial charge is 0.496 e. The zero-order chi connectivity index (χ0) is 13.3. The molecule has 1 aromatic carbocycles. The quantitative estimate of drug-likeness (QED) is 0.613. The lowest BCUT2D eigenvalue weighted by atomic mass is 9.80. The first-order valence-corrected chi connectivity index (χ1v) is 8.23. The second-order valence-electron chi connectivity index (χ2n) is 5.25. The normalized spacial score (nSPS) is 17.4. The van der Waals surface area contributed by atoms with Gasteiger partial charge >= 0.3 is 0 Å². The molecule has 1 aliphatic carbocycles. The summed E-state index contributed by atoms with van der Waals surface area (Å²) in [4.78, 5) is 0.397. The standard InChI is InChI=1S/C15H20Br2O/c1-9-7-12(16)10(2)14(15(9)18-3)13(17)8-11-5-4-6-11/h7,11,13H,4-6,8H2,1-3H3. The van der Waals surface area contributed by atoms with Crippen LogP contribution in [0.4, 0.5) is 0 Å². The highest BCUT2D eigenvalue weighted by molar-refractivity contribution is 9.10. The van der Waals surface area contributed by atoms with Crippen LogP contribution in [-0.4, -0.2) is 7.11 Å². The summed E-state index contributed by atoms with van der Waals surface area (Å²) in [5, 5.41) is 0. The van der Waals surface area contributed by atoms with E-state index in [-0.39, 0.29) is 0 Å². The summed E-state index contributed by atoms with van der Waals surface area (Å²) in [5.41, 5.74) is 3.80. The Morgan fingerprint density at radius 1 is 1.39 bits per heavy atom. The zero-order valence-electron chi connectivity index (χ0n) is 11.2. The minimum absolute atomic E-state index is 0.397. The monoisotopic (exact) mass is 374 g/mol. The van der Waals surface area contributed by atoms with E-state index in [1.165, 1.54) is 46.8 Å². The average molecular weight is 376 g/mol. The Bertz CT molecular complexity index is 439. The minimum atomic E-state index is 0.397. The fraction of sp³-hybridized carbons (Fsp3) is 0.600. The van der Waals surface area contributed by atoms with Gasteiger partial charge in [-0.05, 0) is 43.4 Å². The molecule has 1 unspecified atom stereocenters. The van der Waals surface area contributed by atoms with Crippen LogP contribution in [0.3, 0.4) is 0 Å². The van der Waals surface area contributed by atoms with E-state index in [0.717, 1.165) is 11.7 Å². The van der Waals surface area contributed by atoms with Crippen molar-refractivity contribution < 1.29 is 4.74 Å². The number of methoxy groups -OCH3 is 1. The molecule has 0 aromatic heterocycles. The fourth-order valence-corrected chi connectivity index (χ4v) is 4.30. The number of hydrogen-bond acceptors (Lipinski definition) is 1. The molecule has 2 rings (SSSR count). The highest BCUT2D eigenvalue weighted by Gasteiger charge is 2.25. The van der Waals surface area contributed by atoms with Gasteiger partial charge in [0.1, 0.15) is 5.75 Å². The Kier molecular flexibility index (Phi) is 4.76. The number of benzene rings is 1. The van der Waals surface area contributed by atoms with Gasteiger partial charge in [0.2, 0.25) is 0 Å². The average Bonchev–Trinajstić information content (AvgIpc) is 2.27. The lowest BCUT2D eigenvalue weighted by molar-refractivity contribution is 0.294. The molecule has 0 aliphatic heterocycles. The molecular formula is C15H20Br2O. The van der Waals surface area contributed by atoms with Crippen molar-refractivity contribution in [3.8, 4) is 5.75 Å². The van der Waals surface area contributed by atoms with Gasteiger partial charge in [-0.2, -0.15) is 0 Å². The third-order valence-electron chi connectivity index (χ3n) is 3.99. The minimum Gasteiger partial charge on any atom is -0.496 e. The van der Waals surface area contributed by atoms with E-state index < -0.39 is 0 Å². The van der Waals surface area contributed by atoms with E-state index in [1.54, 1.807) is 7.11 Å². The van der Waals surface area contributed by atoms with Crippen LogP contribution in [-0.2, 0) is 0 Å². The van der Waals surface area contributed by atoms with Crippen LogP contribution in [0.5, 0.6) is 5.75 Å². The molecule has 0 heterocycles. The molecule has 1 aliphatic rings. The Morgan fingerprint density at radius 2 is 2.06 bits per heavy atom. The van der Waals surface area contributed by atoms with Gasteiger partial charge in [-0.25, -0.2) is 0 Å². The predicted octanol–water partition coefficient (Wildman–Crippen LogP) is 5.70. The van der Waals surface area contributed by atoms with Gasteiger partial charge in [0.05, 0.1) is 7.11 Å². The smallest absolute Gasteiger partial charge is 0.126 e. The SMILES string of the molecule is COc1c(C)cc(Br)c(C)c1C(Br)CC1CCC1. The lowest BCUT2D eigenvalue weighted by Crippen LogP contribution is -2.14. The summed E-state index contributed by atoms with van der Waals surface area (Å²) < 4.78 is 6.79. The van der Waals surface area contributed by atoms with Crippen molar-refractivity contribution in [3.05, 3.63) is 27.2 Å². The molecule has 100 valence electrons. The summed E-state index contributed by atoms with van der Waals surface area (Å²) in [7, 11) is 1.77. The molecule has 1 saturated carbocycles. The van der Waals surface area contributed by atoms with E-state index >= 15 is 0 Å². The third kappa shape index (κ3) is 2.77. The maximum Gasteiger partial charge on any atom is 0.126 e. The molecule has 18 heavy (non-hydrogen) atoms. The van der Waals surface area contributed by atoms with Crippen LogP contribution in [0.2, 0.25) is 0 Å². The van der Waals surface area contributed by atoms with Crippen LogP contribution in [0.25, 0.3) is 0 Å². The maximum absolute atomic E-state index is 5.62. The second-order valence-corrected chi connectivity index (χ2v) is 7.21. The van der Waals surface area contributed by atoms with Gasteiger partial charge in [-0.1, -0.05) is 51.1 Å². The Balaban J connectivity index is 2.33. The van der Waals surface area contributed by atoms with Gasteiger partial charge in [0.25, 0.3) is 0 Å². The number of alkyl halides is 1. The van der Waals surface area contributed by atoms with Crippen LogP contribution >= 0.6 is 31.9 Å². The molecule has 1 fully saturated rings. The molecule has 3 heteroatoms. The van der Waals surface area contributed by atoms with Crippen molar-refractivity contribution in [1.82, 2.24) is 0 Å². The highest BCUT2D eigenvalue weighted by Crippen LogP contribution is 2.45. The first kappa shape index (κ1) is 14.4. The molecular weight excluding hydrogens is 356 g/mol. The van der Waals surface area contributed by atoms with E-state index in [1.807, 2.05) is 0 Å². The molecule has 1 aromatic rings. The van der Waals surface area contributed by atoms with Crippen molar-refractivity contribution in [1.29, 1.82) is 0 Å². The van der Waals surface area contributed by atoms with Crippen molar-refractivity contribution in [3.63, 3.8) is 0 Å². The summed E-state index contributed by atoms with van der Waals surface area (Å²) in [5.74, 6) is 1.93. The van der Waals surface area contributed by atoms with Crippen LogP contribution in [0.15, 0.2) is 10.5 Å². The summed E-state index contributed by atoms with van der Waals surface area (Å²) in [6.45, 7) is 4.27. The molecule has 1 nitrogen and oxygen atoms in total.